The van der Waals surface area contributed by atoms with Crippen molar-refractivity contribution in [2.45, 2.75) is 25.3 Å². The van der Waals surface area contributed by atoms with Crippen LogP contribution in [0.25, 0.3) is 70.9 Å². The Labute approximate surface area is 338 Å². The Balaban J connectivity index is 1.17. The average molecular weight is 742 g/mol. The van der Waals surface area contributed by atoms with Crippen molar-refractivity contribution in [1.82, 2.24) is 0 Å². The van der Waals surface area contributed by atoms with Crippen molar-refractivity contribution >= 4 is 60.2 Å². The van der Waals surface area contributed by atoms with E-state index in [0.717, 1.165) is 17.9 Å². The van der Waals surface area contributed by atoms with Crippen LogP contribution in [0.1, 0.15) is 36.0 Å². The second-order valence-corrected chi connectivity index (χ2v) is 15.7. The molecule has 11 rings (SSSR count). The summed E-state index contributed by atoms with van der Waals surface area (Å²) < 4.78 is 0. The molecule has 3 aliphatic rings. The van der Waals surface area contributed by atoms with Gasteiger partial charge in [0.15, 0.2) is 0 Å². The van der Waals surface area contributed by atoms with Crippen molar-refractivity contribution in [3.05, 3.63) is 204 Å². The molecular formula is C55H39N3. The smallest absolute Gasteiger partial charge is 0.132 e. The Morgan fingerprint density at radius 3 is 1.97 bits per heavy atom. The lowest BCUT2D eigenvalue weighted by Crippen LogP contribution is -2.44. The van der Waals surface area contributed by atoms with Crippen molar-refractivity contribution in [2.75, 3.05) is 11.4 Å². The van der Waals surface area contributed by atoms with Crippen LogP contribution >= 0.6 is 0 Å². The molecule has 58 heavy (non-hydrogen) atoms. The van der Waals surface area contributed by atoms with Gasteiger partial charge in [-0.3, -0.25) is 4.99 Å². The van der Waals surface area contributed by atoms with Crippen LogP contribution in [0.2, 0.25) is 0 Å². The number of benzene rings is 8. The molecule has 2 heterocycles. The number of nitrogens with zero attached hydrogens (tertiary/aromatic N) is 3. The van der Waals surface area contributed by atoms with E-state index in [9.17, 15) is 5.26 Å². The van der Waals surface area contributed by atoms with Crippen LogP contribution in [0, 0.1) is 11.3 Å². The van der Waals surface area contributed by atoms with Gasteiger partial charge in [0.05, 0.1) is 24.2 Å². The minimum Gasteiger partial charge on any atom is -0.319 e. The van der Waals surface area contributed by atoms with Crippen molar-refractivity contribution in [1.29, 1.82) is 5.26 Å². The lowest BCUT2D eigenvalue weighted by Gasteiger charge is -2.42. The highest BCUT2D eigenvalue weighted by Gasteiger charge is 2.38. The first-order valence-electron chi connectivity index (χ1n) is 20.2. The number of anilines is 1. The standard InChI is InChI=1S/C55H39N3/c1-35-13-3-2-10-30-57-55-49-29-26-39(32-50(49)43-27-24-36(34-56)31-52(43)58(35)55)40-25-28-48-51(33-40)54(45-23-12-17-38-15-5-7-19-42(38)45)47-21-9-8-20-46(47)53(48)44-22-11-16-37-14-4-6-18-41(37)44/h2-29,31,33,35,50H,30,32H2,1H3/b10-2-,13-3-,57-55-/t35?,50-/m0/s1. The second kappa shape index (κ2) is 13.7. The average Bonchev–Trinajstić information content (AvgIpc) is 3.37. The van der Waals surface area contributed by atoms with E-state index in [4.69, 9.17) is 4.99 Å². The number of allylic oxidation sites excluding steroid dienone is 5. The molecule has 0 bridgehead atoms. The Morgan fingerprint density at radius 2 is 1.26 bits per heavy atom. The predicted molar refractivity (Wildman–Crippen MR) is 244 cm³/mol. The van der Waals surface area contributed by atoms with Crippen LogP contribution < -0.4 is 4.90 Å². The van der Waals surface area contributed by atoms with Crippen molar-refractivity contribution < 1.29 is 0 Å². The maximum atomic E-state index is 9.99. The normalized spacial score (nSPS) is 19.4. The lowest BCUT2D eigenvalue weighted by atomic mass is 9.75. The highest BCUT2D eigenvalue weighted by Crippen LogP contribution is 2.50. The van der Waals surface area contributed by atoms with Gasteiger partial charge in [-0.1, -0.05) is 164 Å². The number of nitriles is 1. The monoisotopic (exact) mass is 741 g/mol. The summed E-state index contributed by atoms with van der Waals surface area (Å²) in [4.78, 5) is 7.51. The molecule has 2 atom stereocenters. The highest BCUT2D eigenvalue weighted by atomic mass is 15.2. The summed E-state index contributed by atoms with van der Waals surface area (Å²) in [5.74, 6) is 1.10. The third kappa shape index (κ3) is 5.37. The summed E-state index contributed by atoms with van der Waals surface area (Å²) in [5, 5.41) is 19.9. The van der Waals surface area contributed by atoms with E-state index in [-0.39, 0.29) is 12.0 Å². The zero-order valence-electron chi connectivity index (χ0n) is 32.2. The van der Waals surface area contributed by atoms with Crippen LogP contribution in [-0.2, 0) is 0 Å². The molecule has 0 fully saturated rings. The summed E-state index contributed by atoms with van der Waals surface area (Å²) in [6.07, 6.45) is 14.0. The van der Waals surface area contributed by atoms with Crippen LogP contribution in [-0.4, -0.2) is 18.4 Å². The molecule has 0 saturated heterocycles. The maximum absolute atomic E-state index is 9.99. The van der Waals surface area contributed by atoms with Gasteiger partial charge in [0.25, 0.3) is 0 Å². The minimum atomic E-state index is 0.0696. The lowest BCUT2D eigenvalue weighted by molar-refractivity contribution is 0.777. The Bertz CT molecular complexity index is 3210. The first kappa shape index (κ1) is 34.0. The third-order valence-electron chi connectivity index (χ3n) is 12.4. The fourth-order valence-corrected chi connectivity index (χ4v) is 9.81. The number of hydrogen-bond acceptors (Lipinski definition) is 3. The molecule has 0 amide bonds. The van der Waals surface area contributed by atoms with Gasteiger partial charge in [0.1, 0.15) is 5.84 Å². The Morgan fingerprint density at radius 1 is 0.621 bits per heavy atom. The summed E-state index contributed by atoms with van der Waals surface area (Å²) in [6, 6.07) is 55.7. The summed E-state index contributed by atoms with van der Waals surface area (Å²) in [5.41, 5.74) is 11.7. The van der Waals surface area contributed by atoms with Crippen LogP contribution in [0.5, 0.6) is 0 Å². The molecular weight excluding hydrogens is 703 g/mol. The molecule has 1 unspecified atom stereocenters. The number of fused-ring (bicyclic) bond motifs is 10. The van der Waals surface area contributed by atoms with Gasteiger partial charge < -0.3 is 4.90 Å². The van der Waals surface area contributed by atoms with Crippen molar-refractivity contribution in [3.8, 4) is 28.3 Å². The highest BCUT2D eigenvalue weighted by molar-refractivity contribution is 6.25. The molecule has 0 N–H and O–H groups in total. The molecule has 0 spiro atoms. The molecule has 8 aromatic rings. The second-order valence-electron chi connectivity index (χ2n) is 15.7. The van der Waals surface area contributed by atoms with Crippen LogP contribution in [0.15, 0.2) is 193 Å². The molecule has 8 aromatic carbocycles. The van der Waals surface area contributed by atoms with E-state index in [0.29, 0.717) is 12.1 Å². The van der Waals surface area contributed by atoms with E-state index < -0.39 is 0 Å². The van der Waals surface area contributed by atoms with Crippen LogP contribution in [0.3, 0.4) is 0 Å². The number of hydrogen-bond donors (Lipinski definition) is 0. The van der Waals surface area contributed by atoms with Crippen molar-refractivity contribution in [2.24, 2.45) is 4.99 Å². The topological polar surface area (TPSA) is 39.4 Å². The van der Waals surface area contributed by atoms with Gasteiger partial charge in [-0.05, 0) is 114 Å². The number of aliphatic imine (C=N–C) groups is 1. The molecule has 3 nitrogen and oxygen atoms in total. The number of rotatable bonds is 3. The first-order chi connectivity index (χ1) is 28.7. The number of amidine groups is 1. The fourth-order valence-electron chi connectivity index (χ4n) is 9.81. The first-order valence-corrected chi connectivity index (χ1v) is 20.2. The molecule has 0 radical (unpaired) electrons. The van der Waals surface area contributed by atoms with Crippen molar-refractivity contribution in [3.63, 3.8) is 0 Å². The predicted octanol–water partition coefficient (Wildman–Crippen LogP) is 13.7. The van der Waals surface area contributed by atoms with Gasteiger partial charge in [-0.15, -0.1) is 0 Å². The van der Waals surface area contributed by atoms with E-state index in [1.807, 2.05) is 6.07 Å². The molecule has 274 valence electrons. The van der Waals surface area contributed by atoms with Gasteiger partial charge >= 0.3 is 0 Å². The quantitative estimate of drug-likeness (QED) is 0.169. The summed E-state index contributed by atoms with van der Waals surface area (Å²) >= 11 is 0. The SMILES string of the molecule is CC1/C=C\C=C/C/N=C2/C3=CC=C(c4ccc5c(-c6cccc7ccccc67)c6ccccc6c(-c6cccc7ccccc67)c5c4)C[C@H]3c3ccc(C#N)cc3N21. The maximum Gasteiger partial charge on any atom is 0.132 e. The van der Waals surface area contributed by atoms with Gasteiger partial charge in [-0.25, -0.2) is 0 Å². The molecule has 0 saturated carbocycles. The van der Waals surface area contributed by atoms with Gasteiger partial charge in [-0.2, -0.15) is 5.26 Å². The third-order valence-corrected chi connectivity index (χ3v) is 12.4. The Kier molecular flexibility index (Phi) is 8.05. The molecule has 1 aliphatic carbocycles. The largest absolute Gasteiger partial charge is 0.319 e. The summed E-state index contributed by atoms with van der Waals surface area (Å²) in [7, 11) is 0. The van der Waals surface area contributed by atoms with E-state index in [2.05, 4.69) is 194 Å². The molecule has 0 aromatic heterocycles. The fraction of sp³-hybridized carbons (Fsp3) is 0.0909. The molecule has 3 heteroatoms. The zero-order chi connectivity index (χ0) is 38.7. The van der Waals surface area contributed by atoms with E-state index in [1.165, 1.54) is 87.6 Å². The van der Waals surface area contributed by atoms with Crippen LogP contribution in [0.4, 0.5) is 5.69 Å². The minimum absolute atomic E-state index is 0.0696. The molecule has 2 aliphatic heterocycles. The summed E-state index contributed by atoms with van der Waals surface area (Å²) in [6.45, 7) is 2.81. The zero-order valence-corrected chi connectivity index (χ0v) is 32.2. The van der Waals surface area contributed by atoms with Gasteiger partial charge in [0.2, 0.25) is 0 Å². The van der Waals surface area contributed by atoms with Gasteiger partial charge in [0, 0.05) is 17.2 Å². The van der Waals surface area contributed by atoms with E-state index in [1.54, 1.807) is 0 Å². The van der Waals surface area contributed by atoms with E-state index >= 15 is 0 Å². The Hall–Kier alpha value is -7.28.